The van der Waals surface area contributed by atoms with E-state index >= 15 is 0 Å². The largest absolute Gasteiger partial charge is 0.506 e. The first kappa shape index (κ1) is 21.1. The lowest BCUT2D eigenvalue weighted by Crippen LogP contribution is -2.30. The van der Waals surface area contributed by atoms with E-state index in [4.69, 9.17) is 28.8 Å². The molecule has 0 saturated carbocycles. The van der Waals surface area contributed by atoms with Gasteiger partial charge in [0.25, 0.3) is 0 Å². The number of fused-ring (bicyclic) bond motifs is 1. The quantitative estimate of drug-likeness (QED) is 0.292. The molecule has 0 aliphatic carbocycles. The van der Waals surface area contributed by atoms with E-state index in [1.807, 2.05) is 53.6 Å². The van der Waals surface area contributed by atoms with Crippen LogP contribution in [0.15, 0.2) is 85.2 Å². The molecule has 0 spiro atoms. The number of nitrogens with zero attached hydrogens (tertiary/aromatic N) is 4. The van der Waals surface area contributed by atoms with Gasteiger partial charge in [-0.05, 0) is 66.8 Å². The molecule has 2 atom stereocenters. The zero-order chi connectivity index (χ0) is 23.2. The van der Waals surface area contributed by atoms with Gasteiger partial charge in [0.1, 0.15) is 11.8 Å². The number of para-hydroxylation sites is 1. The number of nitrogens with one attached hydrogen (secondary N) is 1. The second-order valence-electron chi connectivity index (χ2n) is 7.90. The predicted molar refractivity (Wildman–Crippen MR) is 140 cm³/mol. The molecule has 3 aromatic heterocycles. The Balaban J connectivity index is 1.54. The van der Waals surface area contributed by atoms with Crippen molar-refractivity contribution in [3.05, 3.63) is 102 Å². The number of aromatic nitrogens is 3. The molecule has 6 rings (SSSR count). The summed E-state index contributed by atoms with van der Waals surface area (Å²) < 4.78 is 3.19. The summed E-state index contributed by atoms with van der Waals surface area (Å²) >= 11 is 13.7. The molecule has 1 fully saturated rings. The molecule has 2 N–H and O–H groups in total. The Hall–Kier alpha value is -3.46. The van der Waals surface area contributed by atoms with Gasteiger partial charge in [-0.2, -0.15) is 0 Å². The van der Waals surface area contributed by atoms with Gasteiger partial charge >= 0.3 is 0 Å². The zero-order valence-corrected chi connectivity index (χ0v) is 20.1. The maximum Gasteiger partial charge on any atom is 0.194 e. The Bertz CT molecular complexity index is 1480. The molecule has 5 aromatic rings. The Labute approximate surface area is 210 Å². The minimum Gasteiger partial charge on any atom is -0.506 e. The maximum atomic E-state index is 10.7. The fraction of sp³-hybridized carbons (Fsp3) is 0.0800. The third kappa shape index (κ3) is 3.51. The van der Waals surface area contributed by atoms with Crippen LogP contribution in [-0.2, 0) is 0 Å². The van der Waals surface area contributed by atoms with Crippen molar-refractivity contribution < 1.29 is 5.11 Å². The minimum atomic E-state index is -0.311. The van der Waals surface area contributed by atoms with Crippen molar-refractivity contribution >= 4 is 56.2 Å². The van der Waals surface area contributed by atoms with Gasteiger partial charge in [0.05, 0.1) is 33.3 Å². The van der Waals surface area contributed by atoms with Gasteiger partial charge in [0, 0.05) is 17.4 Å². The molecule has 1 aliphatic rings. The van der Waals surface area contributed by atoms with Gasteiger partial charge in [-0.3, -0.25) is 9.55 Å². The van der Waals surface area contributed by atoms with Crippen LogP contribution in [0.25, 0.3) is 15.3 Å². The SMILES string of the molecule is Oc1ccc(Cl)cc1N1C(=S)NC(c2ccccn2)C1c1cccn1-c1nc2ccccc2s1. The lowest BCUT2D eigenvalue weighted by molar-refractivity contribution is 0.472. The van der Waals surface area contributed by atoms with Crippen LogP contribution in [0.1, 0.15) is 23.5 Å². The highest BCUT2D eigenvalue weighted by atomic mass is 35.5. The van der Waals surface area contributed by atoms with Crippen molar-refractivity contribution in [1.29, 1.82) is 0 Å². The molecule has 9 heteroatoms. The minimum absolute atomic E-state index is 0.0957. The number of benzene rings is 2. The van der Waals surface area contributed by atoms with Crippen molar-refractivity contribution in [2.75, 3.05) is 4.90 Å². The summed E-state index contributed by atoms with van der Waals surface area (Å²) in [5.74, 6) is 0.0957. The number of halogens is 1. The summed E-state index contributed by atoms with van der Waals surface area (Å²) in [5.41, 5.74) is 3.29. The summed E-state index contributed by atoms with van der Waals surface area (Å²) in [6.45, 7) is 0. The molecule has 2 aromatic carbocycles. The Morgan fingerprint density at radius 1 is 1.03 bits per heavy atom. The lowest BCUT2D eigenvalue weighted by atomic mass is 10.0. The Kier molecular flexibility index (Phi) is 5.21. The normalized spacial score (nSPS) is 17.9. The van der Waals surface area contributed by atoms with E-state index in [9.17, 15) is 5.11 Å². The fourth-order valence-corrected chi connectivity index (χ4v) is 5.85. The van der Waals surface area contributed by atoms with E-state index in [0.717, 1.165) is 26.7 Å². The number of rotatable bonds is 4. The van der Waals surface area contributed by atoms with Crippen molar-refractivity contribution in [3.8, 4) is 10.9 Å². The monoisotopic (exact) mass is 503 g/mol. The number of hydrogen-bond donors (Lipinski definition) is 2. The summed E-state index contributed by atoms with van der Waals surface area (Å²) in [6, 6.07) is 22.3. The van der Waals surface area contributed by atoms with E-state index in [1.54, 1.807) is 35.7 Å². The highest BCUT2D eigenvalue weighted by Crippen LogP contribution is 2.45. The molecule has 1 saturated heterocycles. The van der Waals surface area contributed by atoms with E-state index < -0.39 is 0 Å². The number of anilines is 1. The van der Waals surface area contributed by atoms with Gasteiger partial charge < -0.3 is 15.3 Å². The van der Waals surface area contributed by atoms with E-state index in [2.05, 4.69) is 27.0 Å². The molecule has 168 valence electrons. The highest BCUT2D eigenvalue weighted by Gasteiger charge is 2.43. The van der Waals surface area contributed by atoms with E-state index in [1.165, 1.54) is 0 Å². The highest BCUT2D eigenvalue weighted by molar-refractivity contribution is 7.80. The molecule has 0 radical (unpaired) electrons. The first-order valence-corrected chi connectivity index (χ1v) is 12.2. The third-order valence-corrected chi connectivity index (χ3v) is 7.45. The number of thiocarbonyl (C=S) groups is 1. The van der Waals surface area contributed by atoms with Gasteiger partial charge in [-0.1, -0.05) is 41.1 Å². The predicted octanol–water partition coefficient (Wildman–Crippen LogP) is 6.02. The van der Waals surface area contributed by atoms with Crippen LogP contribution < -0.4 is 10.2 Å². The summed E-state index contributed by atoms with van der Waals surface area (Å²) in [4.78, 5) is 11.4. The first-order valence-electron chi connectivity index (χ1n) is 10.6. The molecular weight excluding hydrogens is 486 g/mol. The Morgan fingerprint density at radius 2 is 1.88 bits per heavy atom. The molecule has 0 bridgehead atoms. The van der Waals surface area contributed by atoms with Crippen molar-refractivity contribution in [3.63, 3.8) is 0 Å². The summed E-state index contributed by atoms with van der Waals surface area (Å²) in [6.07, 6.45) is 3.77. The van der Waals surface area contributed by atoms with Gasteiger partial charge in [-0.15, -0.1) is 0 Å². The molecule has 4 heterocycles. The van der Waals surface area contributed by atoms with Crippen LogP contribution in [0.2, 0.25) is 5.02 Å². The number of phenolic OH excluding ortho intramolecular Hbond substituents is 1. The van der Waals surface area contributed by atoms with Crippen LogP contribution in [0.3, 0.4) is 0 Å². The van der Waals surface area contributed by atoms with Crippen molar-refractivity contribution in [2.45, 2.75) is 12.1 Å². The van der Waals surface area contributed by atoms with Gasteiger partial charge in [-0.25, -0.2) is 4.98 Å². The number of thiazole rings is 1. The topological polar surface area (TPSA) is 66.2 Å². The molecule has 6 nitrogen and oxygen atoms in total. The van der Waals surface area contributed by atoms with Crippen LogP contribution in [0, 0.1) is 0 Å². The van der Waals surface area contributed by atoms with E-state index in [-0.39, 0.29) is 17.8 Å². The van der Waals surface area contributed by atoms with Crippen molar-refractivity contribution in [2.24, 2.45) is 0 Å². The molecule has 1 aliphatic heterocycles. The first-order chi connectivity index (χ1) is 16.6. The van der Waals surface area contributed by atoms with E-state index in [0.29, 0.717) is 15.8 Å². The molecular formula is C25H18ClN5OS2. The van der Waals surface area contributed by atoms with Crippen LogP contribution in [0.5, 0.6) is 5.75 Å². The molecule has 34 heavy (non-hydrogen) atoms. The second kappa shape index (κ2) is 8.39. The zero-order valence-electron chi connectivity index (χ0n) is 17.7. The lowest BCUT2D eigenvalue weighted by Gasteiger charge is -2.29. The van der Waals surface area contributed by atoms with Crippen LogP contribution in [-0.4, -0.2) is 24.8 Å². The second-order valence-corrected chi connectivity index (χ2v) is 9.73. The van der Waals surface area contributed by atoms with Crippen molar-refractivity contribution in [1.82, 2.24) is 19.9 Å². The molecule has 2 unspecified atom stereocenters. The fourth-order valence-electron chi connectivity index (χ4n) is 4.38. The molecule has 0 amide bonds. The third-order valence-electron chi connectivity index (χ3n) is 5.87. The number of aromatic hydroxyl groups is 1. The average Bonchev–Trinajstić information content (AvgIpc) is 3.57. The number of pyridine rings is 1. The summed E-state index contributed by atoms with van der Waals surface area (Å²) in [7, 11) is 0. The Morgan fingerprint density at radius 3 is 2.71 bits per heavy atom. The van der Waals surface area contributed by atoms with Crippen LogP contribution >= 0.6 is 35.2 Å². The summed E-state index contributed by atoms with van der Waals surface area (Å²) in [5, 5.41) is 16.0. The average molecular weight is 504 g/mol. The number of hydrogen-bond acceptors (Lipinski definition) is 5. The number of phenols is 1. The maximum absolute atomic E-state index is 10.7. The standard InChI is InChI=1S/C25H18ClN5OS2/c26-15-10-11-20(32)19(14-15)31-23(22(29-24(31)33)17-7-3-4-12-27-17)18-8-5-13-30(18)25-28-16-6-1-2-9-21(16)34-25/h1-14,22-23,32H,(H,29,33). The van der Waals surface area contributed by atoms with Crippen LogP contribution in [0.4, 0.5) is 5.69 Å². The van der Waals surface area contributed by atoms with Gasteiger partial charge in [0.2, 0.25) is 0 Å². The van der Waals surface area contributed by atoms with Gasteiger partial charge in [0.15, 0.2) is 10.2 Å². The smallest absolute Gasteiger partial charge is 0.194 e.